The minimum Gasteiger partial charge on any atom is -0.291 e. The number of aromatic nitrogens is 5. The number of amides is 1. The van der Waals surface area contributed by atoms with Gasteiger partial charge in [-0.2, -0.15) is 15.2 Å². The van der Waals surface area contributed by atoms with Gasteiger partial charge in [-0.15, -0.1) is 0 Å². The van der Waals surface area contributed by atoms with Gasteiger partial charge in [0.1, 0.15) is 6.33 Å². The summed E-state index contributed by atoms with van der Waals surface area (Å²) in [6.07, 6.45) is 4.51. The lowest BCUT2D eigenvalue weighted by Gasteiger charge is -1.96. The third kappa shape index (κ3) is 2.45. The number of rotatable bonds is 3. The molecule has 0 saturated carbocycles. The zero-order valence-corrected chi connectivity index (χ0v) is 10.4. The molecule has 0 saturated heterocycles. The van der Waals surface area contributed by atoms with Crippen molar-refractivity contribution in [1.82, 2.24) is 25.0 Å². The quantitative estimate of drug-likeness (QED) is 0.784. The zero-order valence-electron chi connectivity index (χ0n) is 10.4. The molecule has 0 aliphatic carbocycles. The Morgan fingerprint density at radius 2 is 2.28 bits per heavy atom. The SMILES string of the molecule is Cc1nn(C)c(C)c1/C=C/C(=O)Nc1ncn[nH]1. The van der Waals surface area contributed by atoms with E-state index in [-0.39, 0.29) is 5.91 Å². The number of hydrogen-bond donors (Lipinski definition) is 2. The van der Waals surface area contributed by atoms with E-state index in [1.807, 2.05) is 20.9 Å². The number of aromatic amines is 1. The van der Waals surface area contributed by atoms with Gasteiger partial charge in [0.15, 0.2) is 0 Å². The van der Waals surface area contributed by atoms with Crippen molar-refractivity contribution in [3.63, 3.8) is 0 Å². The van der Waals surface area contributed by atoms with Gasteiger partial charge in [-0.1, -0.05) is 0 Å². The first kappa shape index (κ1) is 12.0. The van der Waals surface area contributed by atoms with Crippen LogP contribution in [0, 0.1) is 13.8 Å². The maximum absolute atomic E-state index is 11.6. The molecule has 2 aromatic rings. The van der Waals surface area contributed by atoms with Crippen LogP contribution in [0.4, 0.5) is 5.95 Å². The third-order valence-corrected chi connectivity index (χ3v) is 2.62. The molecule has 2 heterocycles. The van der Waals surface area contributed by atoms with Crippen LogP contribution in [0.5, 0.6) is 0 Å². The van der Waals surface area contributed by atoms with E-state index in [0.29, 0.717) is 5.95 Å². The molecule has 2 aromatic heterocycles. The van der Waals surface area contributed by atoms with E-state index in [2.05, 4.69) is 25.6 Å². The van der Waals surface area contributed by atoms with Crippen LogP contribution >= 0.6 is 0 Å². The fraction of sp³-hybridized carbons (Fsp3) is 0.273. The van der Waals surface area contributed by atoms with E-state index in [1.165, 1.54) is 12.4 Å². The Labute approximate surface area is 104 Å². The Morgan fingerprint density at radius 3 is 2.83 bits per heavy atom. The van der Waals surface area contributed by atoms with Crippen LogP contribution in [0.1, 0.15) is 17.0 Å². The number of H-pyrrole nitrogens is 1. The predicted octanol–water partition coefficient (Wildman–Crippen LogP) is 0.807. The second-order valence-corrected chi connectivity index (χ2v) is 3.86. The maximum Gasteiger partial charge on any atom is 0.250 e. The van der Waals surface area contributed by atoms with Crippen LogP contribution in [-0.4, -0.2) is 30.9 Å². The van der Waals surface area contributed by atoms with Gasteiger partial charge in [-0.3, -0.25) is 14.8 Å². The molecule has 0 atom stereocenters. The summed E-state index contributed by atoms with van der Waals surface area (Å²) < 4.78 is 1.78. The first-order chi connectivity index (χ1) is 8.58. The van der Waals surface area contributed by atoms with Crippen molar-refractivity contribution in [2.45, 2.75) is 13.8 Å². The number of carbonyl (C=O) groups is 1. The lowest BCUT2D eigenvalue weighted by molar-refractivity contribution is -0.111. The summed E-state index contributed by atoms with van der Waals surface area (Å²) in [6, 6.07) is 0. The van der Waals surface area contributed by atoms with Crippen molar-refractivity contribution in [3.05, 3.63) is 29.4 Å². The molecule has 0 fully saturated rings. The number of aryl methyl sites for hydroxylation is 2. The first-order valence-electron chi connectivity index (χ1n) is 5.42. The number of carbonyl (C=O) groups excluding carboxylic acids is 1. The van der Waals surface area contributed by atoms with Gasteiger partial charge in [-0.25, -0.2) is 5.10 Å². The normalized spacial score (nSPS) is 11.1. The zero-order chi connectivity index (χ0) is 13.1. The van der Waals surface area contributed by atoms with Gasteiger partial charge in [-0.05, 0) is 19.9 Å². The largest absolute Gasteiger partial charge is 0.291 e. The first-order valence-corrected chi connectivity index (χ1v) is 5.42. The maximum atomic E-state index is 11.6. The summed E-state index contributed by atoms with van der Waals surface area (Å²) in [6.45, 7) is 3.86. The van der Waals surface area contributed by atoms with Crippen LogP contribution < -0.4 is 5.32 Å². The van der Waals surface area contributed by atoms with Crippen molar-refractivity contribution in [3.8, 4) is 0 Å². The van der Waals surface area contributed by atoms with E-state index in [4.69, 9.17) is 0 Å². The highest BCUT2D eigenvalue weighted by atomic mass is 16.1. The molecule has 2 N–H and O–H groups in total. The van der Waals surface area contributed by atoms with Crippen LogP contribution in [0.25, 0.3) is 6.08 Å². The molecule has 0 unspecified atom stereocenters. The Hall–Kier alpha value is -2.44. The molecule has 7 nitrogen and oxygen atoms in total. The number of hydrogen-bond acceptors (Lipinski definition) is 4. The summed E-state index contributed by atoms with van der Waals surface area (Å²) in [7, 11) is 1.87. The molecule has 0 aliphatic rings. The Balaban J connectivity index is 2.09. The molecule has 0 radical (unpaired) electrons. The van der Waals surface area contributed by atoms with E-state index in [1.54, 1.807) is 10.8 Å². The van der Waals surface area contributed by atoms with Gasteiger partial charge >= 0.3 is 0 Å². The standard InChI is InChI=1S/C11H14N6O/c1-7-9(8(2)17(3)16-7)4-5-10(18)14-11-12-6-13-15-11/h4-6H,1-3H3,(H2,12,13,14,15,18)/b5-4+. The van der Waals surface area contributed by atoms with Gasteiger partial charge in [0.2, 0.25) is 5.95 Å². The van der Waals surface area contributed by atoms with E-state index in [0.717, 1.165) is 17.0 Å². The molecule has 0 aliphatic heterocycles. The fourth-order valence-electron chi connectivity index (χ4n) is 1.61. The van der Waals surface area contributed by atoms with Crippen molar-refractivity contribution < 1.29 is 4.79 Å². The summed E-state index contributed by atoms with van der Waals surface area (Å²) in [5, 5.41) is 13.0. The second-order valence-electron chi connectivity index (χ2n) is 3.86. The highest BCUT2D eigenvalue weighted by Gasteiger charge is 2.06. The monoisotopic (exact) mass is 246 g/mol. The van der Waals surface area contributed by atoms with E-state index < -0.39 is 0 Å². The molecule has 18 heavy (non-hydrogen) atoms. The molecule has 1 amide bonds. The molecule has 7 heteroatoms. The van der Waals surface area contributed by atoms with Crippen molar-refractivity contribution in [2.24, 2.45) is 7.05 Å². The summed E-state index contributed by atoms with van der Waals surface area (Å²) in [5.41, 5.74) is 2.85. The van der Waals surface area contributed by atoms with Crippen LogP contribution in [-0.2, 0) is 11.8 Å². The molecular formula is C11H14N6O. The smallest absolute Gasteiger partial charge is 0.250 e. The summed E-state index contributed by atoms with van der Waals surface area (Å²) >= 11 is 0. The summed E-state index contributed by atoms with van der Waals surface area (Å²) in [4.78, 5) is 15.4. The molecule has 2 rings (SSSR count). The minimum atomic E-state index is -0.269. The molecule has 94 valence electrons. The van der Waals surface area contributed by atoms with Gasteiger partial charge in [0.05, 0.1) is 5.69 Å². The van der Waals surface area contributed by atoms with Crippen molar-refractivity contribution in [1.29, 1.82) is 0 Å². The predicted molar refractivity (Wildman–Crippen MR) is 66.7 cm³/mol. The number of anilines is 1. The van der Waals surface area contributed by atoms with Crippen molar-refractivity contribution in [2.75, 3.05) is 5.32 Å². The van der Waals surface area contributed by atoms with E-state index >= 15 is 0 Å². The Bertz CT molecular complexity index is 581. The average Bonchev–Trinajstić information content (AvgIpc) is 2.88. The van der Waals surface area contributed by atoms with Gasteiger partial charge < -0.3 is 0 Å². The molecule has 0 bridgehead atoms. The third-order valence-electron chi connectivity index (χ3n) is 2.62. The lowest BCUT2D eigenvalue weighted by Crippen LogP contribution is -2.09. The topological polar surface area (TPSA) is 88.5 Å². The fourth-order valence-corrected chi connectivity index (χ4v) is 1.61. The highest BCUT2D eigenvalue weighted by Crippen LogP contribution is 2.13. The Morgan fingerprint density at radius 1 is 1.50 bits per heavy atom. The van der Waals surface area contributed by atoms with Crippen molar-refractivity contribution >= 4 is 17.9 Å². The summed E-state index contributed by atoms with van der Waals surface area (Å²) in [5.74, 6) is 0.0543. The van der Waals surface area contributed by atoms with E-state index in [9.17, 15) is 4.79 Å². The minimum absolute atomic E-state index is 0.269. The number of nitrogens with one attached hydrogen (secondary N) is 2. The van der Waals surface area contributed by atoms with Gasteiger partial charge in [0.25, 0.3) is 5.91 Å². The molecule has 0 aromatic carbocycles. The second kappa shape index (κ2) is 4.82. The van der Waals surface area contributed by atoms with Gasteiger partial charge in [0, 0.05) is 24.4 Å². The Kier molecular flexibility index (Phi) is 3.22. The number of nitrogens with zero attached hydrogens (tertiary/aromatic N) is 4. The molecular weight excluding hydrogens is 232 g/mol. The average molecular weight is 246 g/mol. The van der Waals surface area contributed by atoms with Crippen LogP contribution in [0.2, 0.25) is 0 Å². The lowest BCUT2D eigenvalue weighted by atomic mass is 10.2. The van der Waals surface area contributed by atoms with Crippen LogP contribution in [0.15, 0.2) is 12.4 Å². The van der Waals surface area contributed by atoms with Crippen LogP contribution in [0.3, 0.4) is 0 Å². The molecule has 0 spiro atoms. The highest BCUT2D eigenvalue weighted by molar-refractivity contribution is 6.00.